The maximum absolute atomic E-state index is 10.5. The van der Waals surface area contributed by atoms with E-state index in [1.54, 1.807) is 0 Å². The zero-order chi connectivity index (χ0) is 12.3. The smallest absolute Gasteiger partial charge is 0.176 e. The van der Waals surface area contributed by atoms with Gasteiger partial charge < -0.3 is 4.55 Å². The Hall–Kier alpha value is -1.46. The van der Waals surface area contributed by atoms with Gasteiger partial charge in [-0.1, -0.05) is 18.2 Å². The molecule has 0 spiro atoms. The SMILES string of the molecule is O=S(=O)([O-])CCC[n+]1ccc2ccccc2c1. The van der Waals surface area contributed by atoms with Crippen molar-refractivity contribution in [1.29, 1.82) is 0 Å². The van der Waals surface area contributed by atoms with Crippen LogP contribution in [0.4, 0.5) is 0 Å². The van der Waals surface area contributed by atoms with Gasteiger partial charge >= 0.3 is 0 Å². The van der Waals surface area contributed by atoms with E-state index in [4.69, 9.17) is 0 Å². The van der Waals surface area contributed by atoms with Crippen molar-refractivity contribution in [3.05, 3.63) is 42.7 Å². The molecule has 2 aromatic rings. The van der Waals surface area contributed by atoms with Gasteiger partial charge in [-0.15, -0.1) is 0 Å². The van der Waals surface area contributed by atoms with Crippen molar-refractivity contribution in [2.24, 2.45) is 0 Å². The predicted octanol–water partition coefficient (Wildman–Crippen LogP) is 1.06. The molecule has 0 bridgehead atoms. The minimum atomic E-state index is -4.10. The molecule has 1 heterocycles. The second kappa shape index (κ2) is 4.81. The van der Waals surface area contributed by atoms with Gasteiger partial charge in [0.05, 0.1) is 10.1 Å². The molecule has 4 nitrogen and oxygen atoms in total. The topological polar surface area (TPSA) is 61.1 Å². The van der Waals surface area contributed by atoms with E-state index in [1.165, 1.54) is 0 Å². The molecule has 1 aromatic carbocycles. The lowest BCUT2D eigenvalue weighted by molar-refractivity contribution is -0.695. The molecule has 0 fully saturated rings. The Morgan fingerprint density at radius 1 is 1.12 bits per heavy atom. The number of nitrogens with zero attached hydrogens (tertiary/aromatic N) is 1. The molecular weight excluding hydrogens is 238 g/mol. The van der Waals surface area contributed by atoms with E-state index in [0.29, 0.717) is 13.0 Å². The molecular formula is C12H13NO3S. The molecule has 0 amide bonds. The number of aromatic nitrogens is 1. The van der Waals surface area contributed by atoms with Crippen molar-refractivity contribution in [3.8, 4) is 0 Å². The van der Waals surface area contributed by atoms with Crippen molar-refractivity contribution in [2.45, 2.75) is 13.0 Å². The monoisotopic (exact) mass is 251 g/mol. The summed E-state index contributed by atoms with van der Waals surface area (Å²) >= 11 is 0. The number of hydrogen-bond acceptors (Lipinski definition) is 3. The van der Waals surface area contributed by atoms with Crippen LogP contribution >= 0.6 is 0 Å². The Morgan fingerprint density at radius 2 is 1.82 bits per heavy atom. The Balaban J connectivity index is 2.09. The lowest BCUT2D eigenvalue weighted by Gasteiger charge is -2.04. The molecule has 0 aliphatic rings. The van der Waals surface area contributed by atoms with E-state index in [2.05, 4.69) is 0 Å². The summed E-state index contributed by atoms with van der Waals surface area (Å²) in [7, 11) is -4.10. The standard InChI is InChI=1S/C12H13NO3S/c14-17(15,16)9-3-7-13-8-6-11-4-1-2-5-12(11)10-13/h1-2,4-6,8,10H,3,7,9H2. The summed E-state index contributed by atoms with van der Waals surface area (Å²) < 4.78 is 33.3. The minimum Gasteiger partial charge on any atom is -0.748 e. The number of rotatable bonds is 4. The lowest BCUT2D eigenvalue weighted by Crippen LogP contribution is -2.33. The van der Waals surface area contributed by atoms with Crippen LogP contribution in [-0.2, 0) is 16.7 Å². The lowest BCUT2D eigenvalue weighted by atomic mass is 10.2. The van der Waals surface area contributed by atoms with Gasteiger partial charge in [-0.05, 0) is 11.5 Å². The third-order valence-electron chi connectivity index (χ3n) is 2.56. The highest BCUT2D eigenvalue weighted by atomic mass is 32.2. The number of hydrogen-bond donors (Lipinski definition) is 0. The van der Waals surface area contributed by atoms with Crippen LogP contribution < -0.4 is 4.57 Å². The molecule has 0 aliphatic carbocycles. The van der Waals surface area contributed by atoms with Crippen LogP contribution in [0.15, 0.2) is 42.7 Å². The summed E-state index contributed by atoms with van der Waals surface area (Å²) in [5, 5.41) is 2.24. The molecule has 0 N–H and O–H groups in total. The van der Waals surface area contributed by atoms with Crippen LogP contribution in [0.1, 0.15) is 6.42 Å². The van der Waals surface area contributed by atoms with E-state index < -0.39 is 10.1 Å². The Labute approximate surface area is 100 Å². The molecule has 5 heteroatoms. The number of fused-ring (bicyclic) bond motifs is 1. The maximum Gasteiger partial charge on any atom is 0.176 e. The fourth-order valence-electron chi connectivity index (χ4n) is 1.74. The number of pyridine rings is 1. The molecule has 2 rings (SSSR count). The van der Waals surface area contributed by atoms with E-state index in [9.17, 15) is 13.0 Å². The van der Waals surface area contributed by atoms with Gasteiger partial charge in [0.15, 0.2) is 12.4 Å². The van der Waals surface area contributed by atoms with Crippen molar-refractivity contribution >= 4 is 20.9 Å². The molecule has 0 atom stereocenters. The average Bonchev–Trinajstić information content (AvgIpc) is 2.27. The van der Waals surface area contributed by atoms with Gasteiger partial charge in [-0.3, -0.25) is 0 Å². The first-order valence-electron chi connectivity index (χ1n) is 5.36. The fraction of sp³-hybridized carbons (Fsp3) is 0.250. The molecule has 0 aliphatic heterocycles. The first-order chi connectivity index (χ1) is 8.04. The van der Waals surface area contributed by atoms with Crippen LogP contribution in [0.25, 0.3) is 10.8 Å². The molecule has 0 radical (unpaired) electrons. The fourth-order valence-corrected chi connectivity index (χ4v) is 2.22. The van der Waals surface area contributed by atoms with Crippen LogP contribution in [0.2, 0.25) is 0 Å². The van der Waals surface area contributed by atoms with Crippen LogP contribution in [0, 0.1) is 0 Å². The van der Waals surface area contributed by atoms with Gasteiger partial charge in [-0.2, -0.15) is 0 Å². The summed E-state index contributed by atoms with van der Waals surface area (Å²) in [5.41, 5.74) is 0. The van der Waals surface area contributed by atoms with Gasteiger partial charge in [0, 0.05) is 23.6 Å². The third-order valence-corrected chi connectivity index (χ3v) is 3.35. The number of aryl methyl sites for hydroxylation is 1. The second-order valence-electron chi connectivity index (χ2n) is 3.93. The molecule has 1 aromatic heterocycles. The Morgan fingerprint density at radius 3 is 2.53 bits per heavy atom. The second-order valence-corrected chi connectivity index (χ2v) is 5.45. The van der Waals surface area contributed by atoms with Gasteiger partial charge in [0.25, 0.3) is 0 Å². The quantitative estimate of drug-likeness (QED) is 0.603. The van der Waals surface area contributed by atoms with E-state index in [0.717, 1.165) is 10.8 Å². The molecule has 0 saturated heterocycles. The van der Waals surface area contributed by atoms with Crippen LogP contribution in [0.5, 0.6) is 0 Å². The summed E-state index contributed by atoms with van der Waals surface area (Å²) in [6, 6.07) is 9.91. The highest BCUT2D eigenvalue weighted by molar-refractivity contribution is 7.85. The summed E-state index contributed by atoms with van der Waals surface area (Å²) in [4.78, 5) is 0. The molecule has 0 unspecified atom stereocenters. The summed E-state index contributed by atoms with van der Waals surface area (Å²) in [6.07, 6.45) is 4.18. The van der Waals surface area contributed by atoms with Crippen LogP contribution in [-0.4, -0.2) is 18.7 Å². The van der Waals surface area contributed by atoms with Crippen LogP contribution in [0.3, 0.4) is 0 Å². The third kappa shape index (κ3) is 3.51. The summed E-state index contributed by atoms with van der Waals surface area (Å²) in [5.74, 6) is -0.313. The average molecular weight is 251 g/mol. The molecule has 90 valence electrons. The van der Waals surface area contributed by atoms with E-state index >= 15 is 0 Å². The van der Waals surface area contributed by atoms with Crippen molar-refractivity contribution in [2.75, 3.05) is 5.75 Å². The zero-order valence-corrected chi connectivity index (χ0v) is 10.1. The normalized spacial score (nSPS) is 11.8. The van der Waals surface area contributed by atoms with Crippen molar-refractivity contribution in [3.63, 3.8) is 0 Å². The zero-order valence-electron chi connectivity index (χ0n) is 9.24. The minimum absolute atomic E-state index is 0.313. The first kappa shape index (κ1) is 12.0. The first-order valence-corrected chi connectivity index (χ1v) is 6.94. The Bertz CT molecular complexity index is 622. The van der Waals surface area contributed by atoms with E-state index in [1.807, 2.05) is 47.3 Å². The highest BCUT2D eigenvalue weighted by Crippen LogP contribution is 2.09. The molecule has 17 heavy (non-hydrogen) atoms. The predicted molar refractivity (Wildman–Crippen MR) is 63.3 cm³/mol. The van der Waals surface area contributed by atoms with Crippen molar-refractivity contribution < 1.29 is 17.5 Å². The van der Waals surface area contributed by atoms with Gasteiger partial charge in [0.1, 0.15) is 6.54 Å². The highest BCUT2D eigenvalue weighted by Gasteiger charge is 2.04. The number of benzene rings is 1. The summed E-state index contributed by atoms with van der Waals surface area (Å²) in [6.45, 7) is 0.534. The maximum atomic E-state index is 10.5. The largest absolute Gasteiger partial charge is 0.748 e. The molecule has 0 saturated carbocycles. The van der Waals surface area contributed by atoms with Crippen molar-refractivity contribution in [1.82, 2.24) is 0 Å². The Kier molecular flexibility index (Phi) is 3.40. The van der Waals surface area contributed by atoms with Gasteiger partial charge in [0.2, 0.25) is 0 Å². The van der Waals surface area contributed by atoms with E-state index in [-0.39, 0.29) is 5.75 Å². The van der Waals surface area contributed by atoms with Gasteiger partial charge in [-0.25, -0.2) is 13.0 Å².